The Labute approximate surface area is 186 Å². The number of fused-ring (bicyclic) bond motifs is 1. The van der Waals surface area contributed by atoms with Crippen molar-refractivity contribution in [2.45, 2.75) is 31.7 Å². The summed E-state index contributed by atoms with van der Waals surface area (Å²) < 4.78 is 12.5. The van der Waals surface area contributed by atoms with Crippen LogP contribution in [0.25, 0.3) is 5.65 Å². The summed E-state index contributed by atoms with van der Waals surface area (Å²) in [5.74, 6) is 2.53. The molecular formula is C22H27N7O3. The topological polar surface area (TPSA) is 98.0 Å². The van der Waals surface area contributed by atoms with E-state index in [9.17, 15) is 4.79 Å². The summed E-state index contributed by atoms with van der Waals surface area (Å²) in [5.41, 5.74) is 1.72. The average Bonchev–Trinajstić information content (AvgIpc) is 3.53. The Bertz CT molecular complexity index is 1110. The fraction of sp³-hybridized carbons (Fsp3) is 0.500. The minimum atomic E-state index is 0.0213. The molecule has 4 heterocycles. The van der Waals surface area contributed by atoms with Crippen LogP contribution in [0.15, 0.2) is 30.6 Å². The summed E-state index contributed by atoms with van der Waals surface area (Å²) in [6, 6.07) is 6.04. The van der Waals surface area contributed by atoms with E-state index in [4.69, 9.17) is 9.47 Å². The van der Waals surface area contributed by atoms with Gasteiger partial charge < -0.3 is 19.3 Å². The summed E-state index contributed by atoms with van der Waals surface area (Å²) in [4.78, 5) is 22.0. The van der Waals surface area contributed by atoms with Gasteiger partial charge in [-0.15, -0.1) is 5.10 Å². The van der Waals surface area contributed by atoms with Crippen molar-refractivity contribution >= 4 is 17.4 Å². The molecular weight excluding hydrogens is 410 g/mol. The summed E-state index contributed by atoms with van der Waals surface area (Å²) in [5, 5.41) is 11.8. The van der Waals surface area contributed by atoms with Crippen LogP contribution in [-0.2, 0) is 4.79 Å². The van der Waals surface area contributed by atoms with Gasteiger partial charge in [0.2, 0.25) is 5.91 Å². The molecule has 10 heteroatoms. The van der Waals surface area contributed by atoms with Gasteiger partial charge in [0.25, 0.3) is 0 Å². The lowest BCUT2D eigenvalue weighted by Crippen LogP contribution is -2.43. The van der Waals surface area contributed by atoms with Gasteiger partial charge in [0, 0.05) is 25.6 Å². The fourth-order valence-electron chi connectivity index (χ4n) is 4.91. The number of piperidine rings is 1. The molecule has 0 aliphatic carbocycles. The number of amides is 1. The van der Waals surface area contributed by atoms with Gasteiger partial charge in [-0.3, -0.25) is 9.78 Å². The first-order valence-electron chi connectivity index (χ1n) is 11.0. The fourth-order valence-corrected chi connectivity index (χ4v) is 4.91. The van der Waals surface area contributed by atoms with E-state index in [0.717, 1.165) is 56.7 Å². The Morgan fingerprint density at radius 2 is 1.84 bits per heavy atom. The standard InChI is InChI=1S/C22H27N7O3/c1-31-18-6-5-16(12-19(18)32-2)17-4-3-9-28(17)22(30)15-7-10-27(11-8-15)21-14-23-13-20-24-25-26-29(20)21/h5-6,12-15,17H,3-4,7-11H2,1-2H3/t17-/m1/s1. The summed E-state index contributed by atoms with van der Waals surface area (Å²) >= 11 is 0. The molecule has 0 saturated carbocycles. The van der Waals surface area contributed by atoms with Crippen molar-refractivity contribution in [3.05, 3.63) is 36.2 Å². The number of carbonyl (C=O) groups excluding carboxylic acids is 1. The summed E-state index contributed by atoms with van der Waals surface area (Å²) in [6.07, 6.45) is 6.99. The van der Waals surface area contributed by atoms with Gasteiger partial charge in [0.15, 0.2) is 23.0 Å². The first-order chi connectivity index (χ1) is 15.7. The van der Waals surface area contributed by atoms with Crippen LogP contribution < -0.4 is 14.4 Å². The molecule has 2 fully saturated rings. The molecule has 1 aromatic carbocycles. The molecule has 0 N–H and O–H groups in total. The second-order valence-corrected chi connectivity index (χ2v) is 8.28. The van der Waals surface area contributed by atoms with Crippen LogP contribution in [0.2, 0.25) is 0 Å². The third kappa shape index (κ3) is 3.59. The Morgan fingerprint density at radius 3 is 2.62 bits per heavy atom. The van der Waals surface area contributed by atoms with Crippen molar-refractivity contribution in [3.8, 4) is 11.5 Å². The Balaban J connectivity index is 1.28. The van der Waals surface area contributed by atoms with E-state index in [2.05, 4.69) is 30.3 Å². The molecule has 2 saturated heterocycles. The molecule has 0 bridgehead atoms. The van der Waals surface area contributed by atoms with Crippen molar-refractivity contribution in [3.63, 3.8) is 0 Å². The van der Waals surface area contributed by atoms with E-state index in [0.29, 0.717) is 17.1 Å². The molecule has 1 amide bonds. The van der Waals surface area contributed by atoms with Gasteiger partial charge in [0.05, 0.1) is 32.7 Å². The predicted molar refractivity (Wildman–Crippen MR) is 117 cm³/mol. The molecule has 0 unspecified atom stereocenters. The van der Waals surface area contributed by atoms with Gasteiger partial charge in [-0.1, -0.05) is 6.07 Å². The Hall–Kier alpha value is -3.43. The Morgan fingerprint density at radius 1 is 1.03 bits per heavy atom. The van der Waals surface area contributed by atoms with Gasteiger partial charge in [-0.2, -0.15) is 4.52 Å². The maximum Gasteiger partial charge on any atom is 0.226 e. The number of aromatic nitrogens is 5. The molecule has 5 rings (SSSR count). The number of anilines is 1. The van der Waals surface area contributed by atoms with Crippen LogP contribution >= 0.6 is 0 Å². The number of hydrogen-bond donors (Lipinski definition) is 0. The number of benzene rings is 1. The number of nitrogens with zero attached hydrogens (tertiary/aromatic N) is 7. The van der Waals surface area contributed by atoms with Crippen LogP contribution in [0.3, 0.4) is 0 Å². The number of tetrazole rings is 1. The lowest BCUT2D eigenvalue weighted by molar-refractivity contribution is -0.137. The van der Waals surface area contributed by atoms with Gasteiger partial charge in [0.1, 0.15) is 0 Å². The van der Waals surface area contributed by atoms with Crippen molar-refractivity contribution in [2.24, 2.45) is 5.92 Å². The minimum absolute atomic E-state index is 0.0213. The SMILES string of the molecule is COc1ccc([C@H]2CCCN2C(=O)C2CCN(c3cncc4nnnn34)CC2)cc1OC. The largest absolute Gasteiger partial charge is 0.493 e. The average molecular weight is 438 g/mol. The molecule has 0 spiro atoms. The third-order valence-electron chi connectivity index (χ3n) is 6.59. The molecule has 0 radical (unpaired) electrons. The highest BCUT2D eigenvalue weighted by molar-refractivity contribution is 5.80. The lowest BCUT2D eigenvalue weighted by Gasteiger charge is -2.35. The van der Waals surface area contributed by atoms with Crippen LogP contribution in [0, 0.1) is 5.92 Å². The van der Waals surface area contributed by atoms with E-state index >= 15 is 0 Å². The maximum atomic E-state index is 13.5. The van der Waals surface area contributed by atoms with Gasteiger partial charge in [-0.25, -0.2) is 0 Å². The monoisotopic (exact) mass is 437 g/mol. The quantitative estimate of drug-likeness (QED) is 0.599. The number of carbonyl (C=O) groups is 1. The molecule has 1 atom stereocenters. The summed E-state index contributed by atoms with van der Waals surface area (Å²) in [6.45, 7) is 2.34. The van der Waals surface area contributed by atoms with E-state index in [1.165, 1.54) is 0 Å². The molecule has 2 aliphatic rings. The van der Waals surface area contributed by atoms with Crippen LogP contribution in [0.1, 0.15) is 37.3 Å². The normalized spacial score (nSPS) is 19.5. The van der Waals surface area contributed by atoms with Gasteiger partial charge >= 0.3 is 0 Å². The van der Waals surface area contributed by atoms with Crippen molar-refractivity contribution in [2.75, 3.05) is 38.8 Å². The smallest absolute Gasteiger partial charge is 0.226 e. The molecule has 2 aromatic heterocycles. The molecule has 10 nitrogen and oxygen atoms in total. The Kier molecular flexibility index (Phi) is 5.50. The number of ether oxygens (including phenoxy) is 2. The van der Waals surface area contributed by atoms with Crippen molar-refractivity contribution in [1.82, 2.24) is 29.9 Å². The van der Waals surface area contributed by atoms with E-state index < -0.39 is 0 Å². The highest BCUT2D eigenvalue weighted by atomic mass is 16.5. The minimum Gasteiger partial charge on any atom is -0.493 e. The maximum absolute atomic E-state index is 13.5. The van der Waals surface area contributed by atoms with Crippen LogP contribution in [0.5, 0.6) is 11.5 Å². The first kappa shape index (κ1) is 20.5. The highest BCUT2D eigenvalue weighted by Gasteiger charge is 2.36. The van der Waals surface area contributed by atoms with Gasteiger partial charge in [-0.05, 0) is 53.8 Å². The predicted octanol–water partition coefficient (Wildman–Crippen LogP) is 2.12. The number of hydrogen-bond acceptors (Lipinski definition) is 8. The van der Waals surface area contributed by atoms with E-state index in [-0.39, 0.29) is 17.9 Å². The van der Waals surface area contributed by atoms with Crippen molar-refractivity contribution in [1.29, 1.82) is 0 Å². The number of likely N-dealkylation sites (tertiary alicyclic amines) is 1. The first-order valence-corrected chi connectivity index (χ1v) is 11.0. The molecule has 168 valence electrons. The van der Waals surface area contributed by atoms with E-state index in [1.807, 2.05) is 18.2 Å². The van der Waals surface area contributed by atoms with Crippen LogP contribution in [0.4, 0.5) is 5.82 Å². The second-order valence-electron chi connectivity index (χ2n) is 8.28. The summed E-state index contributed by atoms with van der Waals surface area (Å²) in [7, 11) is 3.27. The molecule has 2 aliphatic heterocycles. The zero-order valence-corrected chi connectivity index (χ0v) is 18.3. The van der Waals surface area contributed by atoms with E-state index in [1.54, 1.807) is 31.1 Å². The lowest BCUT2D eigenvalue weighted by atomic mass is 9.94. The zero-order valence-electron chi connectivity index (χ0n) is 18.3. The third-order valence-corrected chi connectivity index (χ3v) is 6.59. The molecule has 32 heavy (non-hydrogen) atoms. The number of methoxy groups -OCH3 is 2. The second kappa shape index (κ2) is 8.60. The highest BCUT2D eigenvalue weighted by Crippen LogP contribution is 2.38. The molecule has 3 aromatic rings. The van der Waals surface area contributed by atoms with Crippen molar-refractivity contribution < 1.29 is 14.3 Å². The van der Waals surface area contributed by atoms with Crippen LogP contribution in [-0.4, -0.2) is 69.7 Å². The number of rotatable bonds is 5. The zero-order chi connectivity index (χ0) is 22.1.